The van der Waals surface area contributed by atoms with Gasteiger partial charge < -0.3 is 10.1 Å². The van der Waals surface area contributed by atoms with Crippen molar-refractivity contribution in [3.8, 4) is 0 Å². The molecular formula is C20H26N2O4S. The molecule has 0 saturated carbocycles. The molecule has 0 aromatic heterocycles. The van der Waals surface area contributed by atoms with Gasteiger partial charge in [0.15, 0.2) is 0 Å². The van der Waals surface area contributed by atoms with Crippen LogP contribution in [0.15, 0.2) is 53.4 Å². The highest BCUT2D eigenvalue weighted by Gasteiger charge is 2.21. The fourth-order valence-corrected chi connectivity index (χ4v) is 4.20. The molecule has 2 aromatic rings. The van der Waals surface area contributed by atoms with Crippen LogP contribution in [0.3, 0.4) is 0 Å². The summed E-state index contributed by atoms with van der Waals surface area (Å²) < 4.78 is 31.5. The van der Waals surface area contributed by atoms with Crippen molar-refractivity contribution in [2.75, 3.05) is 20.2 Å². The molecule has 1 amide bonds. The summed E-state index contributed by atoms with van der Waals surface area (Å²) in [5, 5.41) is 2.85. The molecule has 0 bridgehead atoms. The number of benzene rings is 2. The maximum atomic E-state index is 12.5. The first kappa shape index (κ1) is 21.1. The van der Waals surface area contributed by atoms with Crippen molar-refractivity contribution < 1.29 is 17.9 Å². The van der Waals surface area contributed by atoms with Gasteiger partial charge in [0.1, 0.15) is 0 Å². The van der Waals surface area contributed by atoms with E-state index in [-0.39, 0.29) is 10.8 Å². The quantitative estimate of drug-likeness (QED) is 0.714. The van der Waals surface area contributed by atoms with Crippen LogP contribution in [0.1, 0.15) is 35.3 Å². The normalized spacial score (nSPS) is 11.6. The van der Waals surface area contributed by atoms with E-state index in [4.69, 9.17) is 4.74 Å². The highest BCUT2D eigenvalue weighted by atomic mass is 32.2. The Hall–Kier alpha value is -2.22. The topological polar surface area (TPSA) is 75.7 Å². The number of amides is 1. The molecule has 0 radical (unpaired) electrons. The minimum atomic E-state index is -3.47. The molecule has 1 N–H and O–H groups in total. The summed E-state index contributed by atoms with van der Waals surface area (Å²) in [4.78, 5) is 12.6. The predicted molar refractivity (Wildman–Crippen MR) is 105 cm³/mol. The van der Waals surface area contributed by atoms with Crippen LogP contribution in [0, 0.1) is 0 Å². The lowest BCUT2D eigenvalue weighted by Gasteiger charge is -2.18. The molecule has 7 heteroatoms. The van der Waals surface area contributed by atoms with Gasteiger partial charge in [0.25, 0.3) is 5.91 Å². The minimum Gasteiger partial charge on any atom is -0.380 e. The van der Waals surface area contributed by atoms with Gasteiger partial charge in [-0.1, -0.05) is 38.1 Å². The Kier molecular flexibility index (Phi) is 7.53. The summed E-state index contributed by atoms with van der Waals surface area (Å²) in [6.45, 7) is 5.25. The van der Waals surface area contributed by atoms with E-state index < -0.39 is 10.0 Å². The van der Waals surface area contributed by atoms with Gasteiger partial charge in [0.2, 0.25) is 10.0 Å². The van der Waals surface area contributed by atoms with Gasteiger partial charge in [0, 0.05) is 32.3 Å². The molecular weight excluding hydrogens is 364 g/mol. The first-order valence-corrected chi connectivity index (χ1v) is 10.3. The van der Waals surface area contributed by atoms with Gasteiger partial charge >= 0.3 is 0 Å². The SMILES string of the molecule is CCN(CC)S(=O)(=O)c1ccc(CNC(=O)c2cccc(COC)c2)cc1. The number of hydrogen-bond acceptors (Lipinski definition) is 4. The molecule has 0 atom stereocenters. The number of nitrogens with one attached hydrogen (secondary N) is 1. The summed E-state index contributed by atoms with van der Waals surface area (Å²) in [6, 6.07) is 13.8. The van der Waals surface area contributed by atoms with E-state index in [0.29, 0.717) is 31.8 Å². The van der Waals surface area contributed by atoms with Crippen LogP contribution in [-0.4, -0.2) is 38.8 Å². The predicted octanol–water partition coefficient (Wildman–Crippen LogP) is 2.79. The molecule has 0 aliphatic heterocycles. The number of rotatable bonds is 9. The molecule has 0 aliphatic rings. The zero-order chi connectivity index (χ0) is 19.9. The third kappa shape index (κ3) is 5.38. The van der Waals surface area contributed by atoms with Crippen molar-refractivity contribution >= 4 is 15.9 Å². The first-order chi connectivity index (χ1) is 12.9. The standard InChI is InChI=1S/C20H26N2O4S/c1-4-22(5-2)27(24,25)19-11-9-16(10-12-19)14-21-20(23)18-8-6-7-17(13-18)15-26-3/h6-13H,4-5,14-15H2,1-3H3,(H,21,23). The molecule has 2 aromatic carbocycles. The zero-order valence-corrected chi connectivity index (χ0v) is 16.8. The van der Waals surface area contributed by atoms with Crippen molar-refractivity contribution in [2.45, 2.75) is 31.9 Å². The minimum absolute atomic E-state index is 0.187. The van der Waals surface area contributed by atoms with E-state index in [9.17, 15) is 13.2 Å². The maximum Gasteiger partial charge on any atom is 0.251 e. The van der Waals surface area contributed by atoms with Gasteiger partial charge in [-0.05, 0) is 35.4 Å². The smallest absolute Gasteiger partial charge is 0.251 e. The van der Waals surface area contributed by atoms with Crippen molar-refractivity contribution in [2.24, 2.45) is 0 Å². The summed E-state index contributed by atoms with van der Waals surface area (Å²) in [5.74, 6) is -0.187. The Morgan fingerprint density at radius 3 is 2.30 bits per heavy atom. The summed E-state index contributed by atoms with van der Waals surface area (Å²) >= 11 is 0. The second kappa shape index (κ2) is 9.64. The summed E-state index contributed by atoms with van der Waals surface area (Å²) in [5.41, 5.74) is 2.32. The Labute approximate surface area is 161 Å². The van der Waals surface area contributed by atoms with Gasteiger partial charge in [-0.2, -0.15) is 4.31 Å². The van der Waals surface area contributed by atoms with Gasteiger partial charge in [-0.15, -0.1) is 0 Å². The van der Waals surface area contributed by atoms with Crippen molar-refractivity contribution in [3.63, 3.8) is 0 Å². The third-order valence-electron chi connectivity index (χ3n) is 4.22. The highest BCUT2D eigenvalue weighted by Crippen LogP contribution is 2.16. The van der Waals surface area contributed by atoms with E-state index in [0.717, 1.165) is 11.1 Å². The van der Waals surface area contributed by atoms with Crippen LogP contribution in [-0.2, 0) is 27.9 Å². The summed E-state index contributed by atoms with van der Waals surface area (Å²) in [6.07, 6.45) is 0. The molecule has 0 spiro atoms. The van der Waals surface area contributed by atoms with Crippen LogP contribution in [0.4, 0.5) is 0 Å². The maximum absolute atomic E-state index is 12.5. The average molecular weight is 391 g/mol. The molecule has 27 heavy (non-hydrogen) atoms. The van der Waals surface area contributed by atoms with Crippen molar-refractivity contribution in [3.05, 3.63) is 65.2 Å². The largest absolute Gasteiger partial charge is 0.380 e. The van der Waals surface area contributed by atoms with E-state index >= 15 is 0 Å². The summed E-state index contributed by atoms with van der Waals surface area (Å²) in [7, 11) is -1.86. The number of sulfonamides is 1. The van der Waals surface area contributed by atoms with E-state index in [1.165, 1.54) is 4.31 Å². The number of ether oxygens (including phenoxy) is 1. The lowest BCUT2D eigenvalue weighted by molar-refractivity contribution is 0.0950. The number of hydrogen-bond donors (Lipinski definition) is 1. The highest BCUT2D eigenvalue weighted by molar-refractivity contribution is 7.89. The fourth-order valence-electron chi connectivity index (χ4n) is 2.75. The number of methoxy groups -OCH3 is 1. The zero-order valence-electron chi connectivity index (χ0n) is 15.9. The van der Waals surface area contributed by atoms with Crippen LogP contribution in [0.25, 0.3) is 0 Å². The Balaban J connectivity index is 2.03. The average Bonchev–Trinajstić information content (AvgIpc) is 2.67. The van der Waals surface area contributed by atoms with Crippen LogP contribution >= 0.6 is 0 Å². The molecule has 0 heterocycles. The second-order valence-electron chi connectivity index (χ2n) is 6.05. The van der Waals surface area contributed by atoms with Crippen molar-refractivity contribution in [1.82, 2.24) is 9.62 Å². The van der Waals surface area contributed by atoms with Crippen LogP contribution < -0.4 is 5.32 Å². The molecule has 0 unspecified atom stereocenters. The van der Waals surface area contributed by atoms with Gasteiger partial charge in [-0.3, -0.25) is 4.79 Å². The molecule has 0 aliphatic carbocycles. The number of carbonyl (C=O) groups is 1. The number of carbonyl (C=O) groups excluding carboxylic acids is 1. The lowest BCUT2D eigenvalue weighted by atomic mass is 10.1. The molecule has 0 saturated heterocycles. The molecule has 2 rings (SSSR count). The molecule has 146 valence electrons. The van der Waals surface area contributed by atoms with E-state index in [1.807, 2.05) is 26.0 Å². The van der Waals surface area contributed by atoms with E-state index in [2.05, 4.69) is 5.32 Å². The molecule has 0 fully saturated rings. The Morgan fingerprint density at radius 1 is 1.04 bits per heavy atom. The first-order valence-electron chi connectivity index (χ1n) is 8.87. The van der Waals surface area contributed by atoms with Gasteiger partial charge in [-0.25, -0.2) is 8.42 Å². The Bertz CT molecular complexity index is 860. The van der Waals surface area contributed by atoms with Crippen molar-refractivity contribution in [1.29, 1.82) is 0 Å². The van der Waals surface area contributed by atoms with E-state index in [1.54, 1.807) is 43.5 Å². The fraction of sp³-hybridized carbons (Fsp3) is 0.350. The molecule has 6 nitrogen and oxygen atoms in total. The van der Waals surface area contributed by atoms with Crippen LogP contribution in [0.2, 0.25) is 0 Å². The third-order valence-corrected chi connectivity index (χ3v) is 6.28. The van der Waals surface area contributed by atoms with Crippen LogP contribution in [0.5, 0.6) is 0 Å². The lowest BCUT2D eigenvalue weighted by Crippen LogP contribution is -2.30. The Morgan fingerprint density at radius 2 is 1.70 bits per heavy atom. The second-order valence-corrected chi connectivity index (χ2v) is 7.99. The van der Waals surface area contributed by atoms with Gasteiger partial charge in [0.05, 0.1) is 11.5 Å². The monoisotopic (exact) mass is 390 g/mol. The number of nitrogens with zero attached hydrogens (tertiary/aromatic N) is 1.